The van der Waals surface area contributed by atoms with Gasteiger partial charge in [-0.15, -0.1) is 0 Å². The molecule has 4 rings (SSSR count). The lowest BCUT2D eigenvalue weighted by atomic mass is 9.95. The Morgan fingerprint density at radius 1 is 1.04 bits per heavy atom. The molecule has 2 aromatic carbocycles. The molecular weight excluding hydrogens is 308 g/mol. The Balaban J connectivity index is 1.53. The molecule has 0 saturated heterocycles. The molecule has 1 aromatic heterocycles. The van der Waals surface area contributed by atoms with E-state index in [1.54, 1.807) is 0 Å². The van der Waals surface area contributed by atoms with E-state index in [-0.39, 0.29) is 5.91 Å². The molecule has 1 aliphatic carbocycles. The van der Waals surface area contributed by atoms with Crippen LogP contribution in [0.5, 0.6) is 0 Å². The second kappa shape index (κ2) is 6.40. The maximum absolute atomic E-state index is 12.5. The van der Waals surface area contributed by atoms with Crippen LogP contribution in [0.1, 0.15) is 51.1 Å². The van der Waals surface area contributed by atoms with Crippen molar-refractivity contribution in [2.24, 2.45) is 0 Å². The van der Waals surface area contributed by atoms with E-state index in [4.69, 9.17) is 0 Å². The van der Waals surface area contributed by atoms with E-state index < -0.39 is 0 Å². The van der Waals surface area contributed by atoms with Crippen LogP contribution in [0, 0.1) is 13.8 Å². The first kappa shape index (κ1) is 15.9. The maximum atomic E-state index is 12.5. The molecule has 2 N–H and O–H groups in total. The number of aryl methyl sites for hydroxylation is 4. The largest absolute Gasteiger partial charge is 0.358 e. The summed E-state index contributed by atoms with van der Waals surface area (Å²) in [6, 6.07) is 12.4. The molecule has 1 heterocycles. The summed E-state index contributed by atoms with van der Waals surface area (Å²) in [5.41, 5.74) is 8.21. The van der Waals surface area contributed by atoms with Crippen LogP contribution in [0.3, 0.4) is 0 Å². The highest BCUT2D eigenvalue weighted by Crippen LogP contribution is 2.29. The molecule has 3 aromatic rings. The lowest BCUT2D eigenvalue weighted by Gasteiger charge is -2.11. The van der Waals surface area contributed by atoms with Gasteiger partial charge in [0.25, 0.3) is 5.91 Å². The van der Waals surface area contributed by atoms with Gasteiger partial charge in [0.2, 0.25) is 0 Å². The molecule has 1 aliphatic rings. The van der Waals surface area contributed by atoms with Crippen LogP contribution in [0.2, 0.25) is 0 Å². The van der Waals surface area contributed by atoms with Crippen molar-refractivity contribution < 1.29 is 4.79 Å². The molecule has 0 unspecified atom stereocenters. The Labute approximate surface area is 148 Å². The van der Waals surface area contributed by atoms with Crippen molar-refractivity contribution in [2.45, 2.75) is 46.1 Å². The van der Waals surface area contributed by atoms with Gasteiger partial charge in [-0.25, -0.2) is 0 Å². The minimum atomic E-state index is -0.0111. The molecule has 0 radical (unpaired) electrons. The summed E-state index contributed by atoms with van der Waals surface area (Å²) in [6.45, 7) is 4.60. The molecular formula is C22H24N2O. The zero-order valence-electron chi connectivity index (χ0n) is 14.9. The average Bonchev–Trinajstić information content (AvgIpc) is 2.97. The Kier molecular flexibility index (Phi) is 4.08. The number of carbonyl (C=O) groups excluding carboxylic acids is 1. The van der Waals surface area contributed by atoms with Gasteiger partial charge in [-0.2, -0.15) is 0 Å². The van der Waals surface area contributed by atoms with E-state index in [0.717, 1.165) is 35.1 Å². The van der Waals surface area contributed by atoms with Crippen molar-refractivity contribution in [3.05, 3.63) is 69.9 Å². The van der Waals surface area contributed by atoms with E-state index >= 15 is 0 Å². The van der Waals surface area contributed by atoms with Gasteiger partial charge in [-0.1, -0.05) is 23.3 Å². The summed E-state index contributed by atoms with van der Waals surface area (Å²) in [5, 5.41) is 4.38. The highest BCUT2D eigenvalue weighted by atomic mass is 16.1. The highest BCUT2D eigenvalue weighted by Gasteiger charge is 2.15. The van der Waals surface area contributed by atoms with Gasteiger partial charge in [-0.05, 0) is 74.9 Å². The van der Waals surface area contributed by atoms with Gasteiger partial charge in [0.15, 0.2) is 0 Å². The number of benzene rings is 2. The lowest BCUT2D eigenvalue weighted by molar-refractivity contribution is 0.0950. The number of H-pyrrole nitrogens is 1. The quantitative estimate of drug-likeness (QED) is 0.724. The van der Waals surface area contributed by atoms with Crippen molar-refractivity contribution in [3.8, 4) is 0 Å². The fraction of sp³-hybridized carbons (Fsp3) is 0.318. The van der Waals surface area contributed by atoms with E-state index in [1.807, 2.05) is 26.0 Å². The molecule has 0 fully saturated rings. The summed E-state index contributed by atoms with van der Waals surface area (Å²) in [6.07, 6.45) is 4.86. The van der Waals surface area contributed by atoms with Crippen LogP contribution in [-0.2, 0) is 19.4 Å². The Morgan fingerprint density at radius 3 is 2.60 bits per heavy atom. The lowest BCUT2D eigenvalue weighted by Crippen LogP contribution is -2.22. The van der Waals surface area contributed by atoms with Crippen LogP contribution >= 0.6 is 0 Å². The summed E-state index contributed by atoms with van der Waals surface area (Å²) in [5.74, 6) is -0.0111. The fourth-order valence-electron chi connectivity index (χ4n) is 3.95. The average molecular weight is 332 g/mol. The molecule has 0 aliphatic heterocycles. The molecule has 128 valence electrons. The molecule has 3 heteroatoms. The standard InChI is InChI=1S/C22H24N2O/c1-14-9-15(2)11-17(10-14)22(25)23-13-16-7-8-21-19(12-16)18-5-3-4-6-20(18)24-21/h7-12,24H,3-6,13H2,1-2H3,(H,23,25). The van der Waals surface area contributed by atoms with Crippen LogP contribution in [-0.4, -0.2) is 10.9 Å². The molecule has 1 amide bonds. The molecule has 3 nitrogen and oxygen atoms in total. The third kappa shape index (κ3) is 3.19. The number of rotatable bonds is 3. The summed E-state index contributed by atoms with van der Waals surface area (Å²) in [4.78, 5) is 16.0. The van der Waals surface area contributed by atoms with Gasteiger partial charge >= 0.3 is 0 Å². The van der Waals surface area contributed by atoms with E-state index in [2.05, 4.69) is 34.6 Å². The zero-order valence-corrected chi connectivity index (χ0v) is 14.9. The van der Waals surface area contributed by atoms with Crippen LogP contribution in [0.25, 0.3) is 10.9 Å². The Morgan fingerprint density at radius 2 is 1.80 bits per heavy atom. The summed E-state index contributed by atoms with van der Waals surface area (Å²) in [7, 11) is 0. The number of nitrogens with one attached hydrogen (secondary N) is 2. The molecule has 0 bridgehead atoms. The minimum Gasteiger partial charge on any atom is -0.358 e. The van der Waals surface area contributed by atoms with Crippen molar-refractivity contribution in [3.63, 3.8) is 0 Å². The summed E-state index contributed by atoms with van der Waals surface area (Å²) >= 11 is 0. The second-order valence-corrected chi connectivity index (χ2v) is 7.23. The second-order valence-electron chi connectivity index (χ2n) is 7.23. The van der Waals surface area contributed by atoms with Gasteiger partial charge in [0.05, 0.1) is 0 Å². The highest BCUT2D eigenvalue weighted by molar-refractivity contribution is 5.94. The predicted octanol–water partition coefficient (Wildman–Crippen LogP) is 4.59. The first-order valence-corrected chi connectivity index (χ1v) is 9.09. The monoisotopic (exact) mass is 332 g/mol. The molecule has 0 atom stereocenters. The number of hydrogen-bond donors (Lipinski definition) is 2. The first-order chi connectivity index (χ1) is 12.1. The number of aromatic amines is 1. The number of aromatic nitrogens is 1. The number of amides is 1. The third-order valence-electron chi connectivity index (χ3n) is 5.10. The van der Waals surface area contributed by atoms with Crippen molar-refractivity contribution >= 4 is 16.8 Å². The number of hydrogen-bond acceptors (Lipinski definition) is 1. The minimum absolute atomic E-state index is 0.0111. The normalized spacial score (nSPS) is 13.7. The van der Waals surface area contributed by atoms with Crippen molar-refractivity contribution in [1.29, 1.82) is 0 Å². The van der Waals surface area contributed by atoms with E-state index in [1.165, 1.54) is 35.0 Å². The molecule has 0 spiro atoms. The van der Waals surface area contributed by atoms with Gasteiger partial charge in [0.1, 0.15) is 0 Å². The Bertz CT molecular complexity index is 932. The number of fused-ring (bicyclic) bond motifs is 3. The first-order valence-electron chi connectivity index (χ1n) is 9.09. The maximum Gasteiger partial charge on any atom is 0.251 e. The van der Waals surface area contributed by atoms with Crippen molar-refractivity contribution in [2.75, 3.05) is 0 Å². The molecule has 25 heavy (non-hydrogen) atoms. The van der Waals surface area contributed by atoms with E-state index in [9.17, 15) is 4.79 Å². The van der Waals surface area contributed by atoms with Crippen LogP contribution in [0.15, 0.2) is 36.4 Å². The zero-order chi connectivity index (χ0) is 17.4. The van der Waals surface area contributed by atoms with Crippen LogP contribution in [0.4, 0.5) is 0 Å². The SMILES string of the molecule is Cc1cc(C)cc(C(=O)NCc2ccc3[nH]c4c(c3c2)CCCC4)c1. The smallest absolute Gasteiger partial charge is 0.251 e. The Hall–Kier alpha value is -2.55. The topological polar surface area (TPSA) is 44.9 Å². The fourth-order valence-corrected chi connectivity index (χ4v) is 3.95. The van der Waals surface area contributed by atoms with Gasteiger partial charge in [-0.3, -0.25) is 4.79 Å². The van der Waals surface area contributed by atoms with Gasteiger partial charge < -0.3 is 10.3 Å². The van der Waals surface area contributed by atoms with Gasteiger partial charge in [0, 0.05) is 28.7 Å². The van der Waals surface area contributed by atoms with E-state index in [0.29, 0.717) is 6.54 Å². The van der Waals surface area contributed by atoms with Crippen LogP contribution < -0.4 is 5.32 Å². The predicted molar refractivity (Wildman–Crippen MR) is 102 cm³/mol. The summed E-state index contributed by atoms with van der Waals surface area (Å²) < 4.78 is 0. The third-order valence-corrected chi connectivity index (χ3v) is 5.10. The molecule has 0 saturated carbocycles. The van der Waals surface area contributed by atoms with Crippen molar-refractivity contribution in [1.82, 2.24) is 10.3 Å². The number of carbonyl (C=O) groups is 1.